The Kier molecular flexibility index (Phi) is 5.35. The van der Waals surface area contributed by atoms with Gasteiger partial charge < -0.3 is 11.1 Å². The molecule has 1 heterocycles. The highest BCUT2D eigenvalue weighted by atomic mass is 35.5. The summed E-state index contributed by atoms with van der Waals surface area (Å²) in [4.78, 5) is 13.7. The van der Waals surface area contributed by atoms with Crippen LogP contribution >= 0.6 is 24.2 Å². The number of rotatable bonds is 3. The predicted octanol–water partition coefficient (Wildman–Crippen LogP) is 2.54. The van der Waals surface area contributed by atoms with Crippen LogP contribution in [0, 0.1) is 5.92 Å². The second-order valence-electron chi connectivity index (χ2n) is 5.44. The third-order valence-corrected chi connectivity index (χ3v) is 5.49. The third-order valence-electron chi connectivity index (χ3n) is 4.31. The SMILES string of the molecule is Cl.NCC1CCCC1NC(=O)C1CSc2ccccc21. The fourth-order valence-corrected chi connectivity index (χ4v) is 4.40. The number of benzene rings is 1. The zero-order valence-electron chi connectivity index (χ0n) is 11.4. The molecule has 3 rings (SSSR count). The van der Waals surface area contributed by atoms with E-state index >= 15 is 0 Å². The second kappa shape index (κ2) is 6.83. The molecule has 0 spiro atoms. The average Bonchev–Trinajstić information content (AvgIpc) is 3.04. The molecular formula is C15H21ClN2OS. The molecule has 110 valence electrons. The molecule has 1 aromatic carbocycles. The summed E-state index contributed by atoms with van der Waals surface area (Å²) in [5.41, 5.74) is 6.96. The van der Waals surface area contributed by atoms with E-state index in [-0.39, 0.29) is 30.3 Å². The van der Waals surface area contributed by atoms with E-state index in [0.29, 0.717) is 12.5 Å². The van der Waals surface area contributed by atoms with Gasteiger partial charge in [-0.15, -0.1) is 24.2 Å². The molecule has 0 bridgehead atoms. The molecule has 0 saturated heterocycles. The first-order chi connectivity index (χ1) is 9.29. The van der Waals surface area contributed by atoms with Crippen molar-refractivity contribution < 1.29 is 4.79 Å². The van der Waals surface area contributed by atoms with Gasteiger partial charge in [0.2, 0.25) is 5.91 Å². The van der Waals surface area contributed by atoms with Crippen molar-refractivity contribution in [3.05, 3.63) is 29.8 Å². The largest absolute Gasteiger partial charge is 0.352 e. The first-order valence-corrected chi connectivity index (χ1v) is 8.00. The number of hydrogen-bond acceptors (Lipinski definition) is 3. The number of fused-ring (bicyclic) bond motifs is 1. The number of carbonyl (C=O) groups is 1. The van der Waals surface area contributed by atoms with Gasteiger partial charge in [0.05, 0.1) is 5.92 Å². The van der Waals surface area contributed by atoms with Gasteiger partial charge in [0.15, 0.2) is 0 Å². The molecule has 3 nitrogen and oxygen atoms in total. The quantitative estimate of drug-likeness (QED) is 0.902. The second-order valence-corrected chi connectivity index (χ2v) is 6.51. The van der Waals surface area contributed by atoms with E-state index in [4.69, 9.17) is 5.73 Å². The molecule has 1 aliphatic heterocycles. The van der Waals surface area contributed by atoms with Crippen LogP contribution in [0.2, 0.25) is 0 Å². The molecular weight excluding hydrogens is 292 g/mol. The fraction of sp³-hybridized carbons (Fsp3) is 0.533. The van der Waals surface area contributed by atoms with Crippen LogP contribution in [0.15, 0.2) is 29.2 Å². The zero-order chi connectivity index (χ0) is 13.2. The normalized spacial score (nSPS) is 27.8. The molecule has 20 heavy (non-hydrogen) atoms. The van der Waals surface area contributed by atoms with Crippen molar-refractivity contribution in [3.8, 4) is 0 Å². The first kappa shape index (κ1) is 15.7. The van der Waals surface area contributed by atoms with Crippen molar-refractivity contribution in [3.63, 3.8) is 0 Å². The summed E-state index contributed by atoms with van der Waals surface area (Å²) < 4.78 is 0. The average molecular weight is 313 g/mol. The summed E-state index contributed by atoms with van der Waals surface area (Å²) in [7, 11) is 0. The predicted molar refractivity (Wildman–Crippen MR) is 85.5 cm³/mol. The Morgan fingerprint density at radius 2 is 2.15 bits per heavy atom. The summed E-state index contributed by atoms with van der Waals surface area (Å²) in [6, 6.07) is 8.52. The summed E-state index contributed by atoms with van der Waals surface area (Å²) in [5.74, 6) is 1.53. The highest BCUT2D eigenvalue weighted by molar-refractivity contribution is 7.99. The summed E-state index contributed by atoms with van der Waals surface area (Å²) in [6.07, 6.45) is 3.41. The molecule has 1 aromatic rings. The molecule has 0 aromatic heterocycles. The van der Waals surface area contributed by atoms with Crippen molar-refractivity contribution >= 4 is 30.1 Å². The van der Waals surface area contributed by atoms with Crippen molar-refractivity contribution in [2.75, 3.05) is 12.3 Å². The van der Waals surface area contributed by atoms with Crippen LogP contribution in [0.3, 0.4) is 0 Å². The smallest absolute Gasteiger partial charge is 0.228 e. The topological polar surface area (TPSA) is 55.1 Å². The minimum atomic E-state index is 0. The highest BCUT2D eigenvalue weighted by Crippen LogP contribution is 2.39. The Hall–Kier alpha value is -0.710. The summed E-state index contributed by atoms with van der Waals surface area (Å²) in [5, 5.41) is 3.23. The lowest BCUT2D eigenvalue weighted by atomic mass is 9.98. The van der Waals surface area contributed by atoms with E-state index in [1.807, 2.05) is 12.1 Å². The first-order valence-electron chi connectivity index (χ1n) is 7.01. The van der Waals surface area contributed by atoms with Gasteiger partial charge in [-0.3, -0.25) is 4.79 Å². The molecule has 3 unspecified atom stereocenters. The number of carbonyl (C=O) groups excluding carboxylic acids is 1. The van der Waals surface area contributed by atoms with Crippen LogP contribution in [0.5, 0.6) is 0 Å². The fourth-order valence-electron chi connectivity index (χ4n) is 3.17. The third kappa shape index (κ3) is 2.97. The molecule has 1 amide bonds. The summed E-state index contributed by atoms with van der Waals surface area (Å²) >= 11 is 1.78. The lowest BCUT2D eigenvalue weighted by Gasteiger charge is -2.21. The maximum absolute atomic E-state index is 12.5. The monoisotopic (exact) mass is 312 g/mol. The van der Waals surface area contributed by atoms with Crippen LogP contribution in [-0.4, -0.2) is 24.2 Å². The zero-order valence-corrected chi connectivity index (χ0v) is 13.0. The molecule has 1 aliphatic carbocycles. The van der Waals surface area contributed by atoms with Gasteiger partial charge in [-0.1, -0.05) is 24.6 Å². The lowest BCUT2D eigenvalue weighted by molar-refractivity contribution is -0.123. The van der Waals surface area contributed by atoms with E-state index < -0.39 is 0 Å². The number of halogens is 1. The maximum atomic E-state index is 12.5. The van der Waals surface area contributed by atoms with Gasteiger partial charge in [0.1, 0.15) is 0 Å². The van der Waals surface area contributed by atoms with E-state index in [1.54, 1.807) is 11.8 Å². The minimum absolute atomic E-state index is 0. The Bertz CT molecular complexity index is 483. The van der Waals surface area contributed by atoms with Gasteiger partial charge in [0, 0.05) is 16.7 Å². The van der Waals surface area contributed by atoms with Crippen molar-refractivity contribution in [1.29, 1.82) is 0 Å². The summed E-state index contributed by atoms with van der Waals surface area (Å²) in [6.45, 7) is 0.681. The number of nitrogens with two attached hydrogens (primary N) is 1. The van der Waals surface area contributed by atoms with Gasteiger partial charge in [-0.25, -0.2) is 0 Å². The molecule has 1 fully saturated rings. The maximum Gasteiger partial charge on any atom is 0.228 e. The van der Waals surface area contributed by atoms with Gasteiger partial charge in [0.25, 0.3) is 0 Å². The molecule has 5 heteroatoms. The Morgan fingerprint density at radius 3 is 2.95 bits per heavy atom. The van der Waals surface area contributed by atoms with Gasteiger partial charge in [-0.2, -0.15) is 0 Å². The van der Waals surface area contributed by atoms with Crippen molar-refractivity contribution in [1.82, 2.24) is 5.32 Å². The molecule has 1 saturated carbocycles. The van der Waals surface area contributed by atoms with E-state index in [2.05, 4.69) is 17.4 Å². The van der Waals surface area contributed by atoms with Crippen molar-refractivity contribution in [2.45, 2.75) is 36.1 Å². The van der Waals surface area contributed by atoms with E-state index in [9.17, 15) is 4.79 Å². The van der Waals surface area contributed by atoms with Crippen LogP contribution in [0.25, 0.3) is 0 Å². The Morgan fingerprint density at radius 1 is 1.35 bits per heavy atom. The Labute approximate surface area is 130 Å². The standard InChI is InChI=1S/C15H20N2OS.ClH/c16-8-10-4-3-6-13(10)17-15(18)12-9-19-14-7-2-1-5-11(12)14;/h1-2,5,7,10,12-13H,3-4,6,8-9,16H2,(H,17,18);1H. The van der Waals surface area contributed by atoms with Crippen LogP contribution in [-0.2, 0) is 4.79 Å². The van der Waals surface area contributed by atoms with Crippen LogP contribution < -0.4 is 11.1 Å². The molecule has 2 aliphatic rings. The number of nitrogens with one attached hydrogen (secondary N) is 1. The minimum Gasteiger partial charge on any atom is -0.352 e. The van der Waals surface area contributed by atoms with E-state index in [1.165, 1.54) is 16.9 Å². The van der Waals surface area contributed by atoms with Crippen LogP contribution in [0.1, 0.15) is 30.7 Å². The van der Waals surface area contributed by atoms with Crippen molar-refractivity contribution in [2.24, 2.45) is 11.7 Å². The highest BCUT2D eigenvalue weighted by Gasteiger charge is 2.33. The van der Waals surface area contributed by atoms with Gasteiger partial charge >= 0.3 is 0 Å². The number of hydrogen-bond donors (Lipinski definition) is 2. The van der Waals surface area contributed by atoms with Gasteiger partial charge in [-0.05, 0) is 36.9 Å². The number of thioether (sulfide) groups is 1. The number of amides is 1. The molecule has 3 atom stereocenters. The molecule has 3 N–H and O–H groups in total. The molecule has 0 radical (unpaired) electrons. The Balaban J connectivity index is 0.00000147. The lowest BCUT2D eigenvalue weighted by Crippen LogP contribution is -2.42. The van der Waals surface area contributed by atoms with Crippen LogP contribution in [0.4, 0.5) is 0 Å². The van der Waals surface area contributed by atoms with E-state index in [0.717, 1.165) is 18.6 Å².